The second-order valence-corrected chi connectivity index (χ2v) is 7.54. The third-order valence-electron chi connectivity index (χ3n) is 5.27. The number of hydrogen-bond acceptors (Lipinski definition) is 2. The molecule has 1 aliphatic rings. The van der Waals surface area contributed by atoms with E-state index in [-0.39, 0.29) is 5.91 Å². The number of nitrogens with one attached hydrogen (secondary N) is 2. The van der Waals surface area contributed by atoms with E-state index in [1.54, 1.807) is 12.1 Å². The van der Waals surface area contributed by atoms with Gasteiger partial charge in [-0.25, -0.2) is 0 Å². The molecule has 0 saturated heterocycles. The lowest BCUT2D eigenvalue weighted by Crippen LogP contribution is -2.33. The molecule has 134 valence electrons. The number of fused-ring (bicyclic) bond motifs is 3. The third-order valence-corrected chi connectivity index (χ3v) is 5.60. The molecule has 1 aliphatic carbocycles. The number of carbonyl (C=O) groups excluding carboxylic acids is 1. The fourth-order valence-electron chi connectivity index (χ4n) is 3.76. The minimum Gasteiger partial charge on any atom is -0.358 e. The van der Waals surface area contributed by atoms with Crippen LogP contribution >= 0.6 is 11.6 Å². The van der Waals surface area contributed by atoms with Crippen LogP contribution in [-0.4, -0.2) is 35.9 Å². The molecule has 5 heteroatoms. The number of halogens is 1. The number of amides is 1. The highest BCUT2D eigenvalue weighted by Crippen LogP contribution is 2.32. The van der Waals surface area contributed by atoms with E-state index >= 15 is 0 Å². The molecule has 1 atom stereocenters. The molecule has 0 saturated carbocycles. The second kappa shape index (κ2) is 6.78. The van der Waals surface area contributed by atoms with Crippen LogP contribution in [0, 0.1) is 0 Å². The molecular formula is C21H22ClN3O. The van der Waals surface area contributed by atoms with E-state index in [1.807, 2.05) is 24.3 Å². The molecule has 2 aromatic carbocycles. The zero-order valence-electron chi connectivity index (χ0n) is 15.0. The topological polar surface area (TPSA) is 48.1 Å². The van der Waals surface area contributed by atoms with Crippen molar-refractivity contribution >= 4 is 34.1 Å². The van der Waals surface area contributed by atoms with E-state index in [1.165, 1.54) is 23.1 Å². The Kier molecular flexibility index (Phi) is 4.47. The third kappa shape index (κ3) is 3.11. The SMILES string of the molecule is CN(C)C1CCc2[nH]c3ccc(NC(=O)c4ccccc4Cl)cc3c2C1. The average Bonchev–Trinajstić information content (AvgIpc) is 2.99. The Bertz CT molecular complexity index is 977. The molecule has 26 heavy (non-hydrogen) atoms. The average molecular weight is 368 g/mol. The Morgan fingerprint density at radius 2 is 2.04 bits per heavy atom. The molecule has 0 bridgehead atoms. The van der Waals surface area contributed by atoms with Gasteiger partial charge in [0.2, 0.25) is 0 Å². The number of benzene rings is 2. The normalized spacial score (nSPS) is 16.7. The maximum Gasteiger partial charge on any atom is 0.257 e. The van der Waals surface area contributed by atoms with Crippen molar-refractivity contribution in [2.24, 2.45) is 0 Å². The lowest BCUT2D eigenvalue weighted by molar-refractivity contribution is 0.102. The summed E-state index contributed by atoms with van der Waals surface area (Å²) >= 11 is 6.13. The van der Waals surface area contributed by atoms with Crippen LogP contribution in [0.15, 0.2) is 42.5 Å². The largest absolute Gasteiger partial charge is 0.358 e. The highest BCUT2D eigenvalue weighted by atomic mass is 35.5. The lowest BCUT2D eigenvalue weighted by Gasteiger charge is -2.28. The zero-order chi connectivity index (χ0) is 18.3. The molecule has 1 amide bonds. The molecule has 0 fully saturated rings. The van der Waals surface area contributed by atoms with Gasteiger partial charge in [-0.3, -0.25) is 4.79 Å². The van der Waals surface area contributed by atoms with Crippen molar-refractivity contribution in [1.82, 2.24) is 9.88 Å². The van der Waals surface area contributed by atoms with Crippen LogP contribution in [0.4, 0.5) is 5.69 Å². The maximum atomic E-state index is 12.5. The van der Waals surface area contributed by atoms with Crippen molar-refractivity contribution in [3.8, 4) is 0 Å². The van der Waals surface area contributed by atoms with Gasteiger partial charge in [-0.15, -0.1) is 0 Å². The van der Waals surface area contributed by atoms with Crippen LogP contribution in [0.25, 0.3) is 10.9 Å². The smallest absolute Gasteiger partial charge is 0.257 e. The summed E-state index contributed by atoms with van der Waals surface area (Å²) in [6.45, 7) is 0. The first-order valence-electron chi connectivity index (χ1n) is 8.88. The van der Waals surface area contributed by atoms with Gasteiger partial charge in [-0.2, -0.15) is 0 Å². The molecule has 2 N–H and O–H groups in total. The standard InChI is InChI=1S/C21H22ClN3O/c1-25(2)14-8-10-20-17(12-14)16-11-13(7-9-19(16)24-20)23-21(26)15-5-3-4-6-18(15)22/h3-7,9,11,14,24H,8,10,12H2,1-2H3,(H,23,26). The number of H-pyrrole nitrogens is 1. The van der Waals surface area contributed by atoms with Gasteiger partial charge in [-0.05, 0) is 69.3 Å². The van der Waals surface area contributed by atoms with Crippen molar-refractivity contribution in [3.05, 3.63) is 64.3 Å². The van der Waals surface area contributed by atoms with Crippen LogP contribution in [0.1, 0.15) is 28.0 Å². The fourth-order valence-corrected chi connectivity index (χ4v) is 3.98. The van der Waals surface area contributed by atoms with Gasteiger partial charge in [0.25, 0.3) is 5.91 Å². The number of aromatic amines is 1. The summed E-state index contributed by atoms with van der Waals surface area (Å²) in [6, 6.07) is 13.7. The number of nitrogens with zero attached hydrogens (tertiary/aromatic N) is 1. The Morgan fingerprint density at radius 1 is 1.23 bits per heavy atom. The minimum atomic E-state index is -0.189. The van der Waals surface area contributed by atoms with E-state index in [9.17, 15) is 4.79 Å². The van der Waals surface area contributed by atoms with E-state index in [2.05, 4.69) is 35.4 Å². The number of aromatic nitrogens is 1. The highest BCUT2D eigenvalue weighted by molar-refractivity contribution is 6.34. The number of rotatable bonds is 3. The number of anilines is 1. The molecule has 1 aromatic heterocycles. The van der Waals surface area contributed by atoms with Crippen molar-refractivity contribution in [2.45, 2.75) is 25.3 Å². The summed E-state index contributed by atoms with van der Waals surface area (Å²) in [5.74, 6) is -0.189. The minimum absolute atomic E-state index is 0.189. The Hall–Kier alpha value is -2.30. The van der Waals surface area contributed by atoms with Gasteiger partial charge in [0.05, 0.1) is 10.6 Å². The van der Waals surface area contributed by atoms with E-state index in [0.29, 0.717) is 16.6 Å². The maximum absolute atomic E-state index is 12.5. The Balaban J connectivity index is 1.65. The molecular weight excluding hydrogens is 346 g/mol. The first kappa shape index (κ1) is 17.1. The quantitative estimate of drug-likeness (QED) is 0.716. The summed E-state index contributed by atoms with van der Waals surface area (Å²) in [5, 5.41) is 4.63. The van der Waals surface area contributed by atoms with Gasteiger partial charge < -0.3 is 15.2 Å². The van der Waals surface area contributed by atoms with Gasteiger partial charge in [0.1, 0.15) is 0 Å². The molecule has 1 unspecified atom stereocenters. The first-order valence-corrected chi connectivity index (χ1v) is 9.26. The van der Waals surface area contributed by atoms with Crippen molar-refractivity contribution in [2.75, 3.05) is 19.4 Å². The van der Waals surface area contributed by atoms with Crippen molar-refractivity contribution in [3.63, 3.8) is 0 Å². The first-order chi connectivity index (χ1) is 12.5. The molecule has 0 spiro atoms. The highest BCUT2D eigenvalue weighted by Gasteiger charge is 2.24. The van der Waals surface area contributed by atoms with Gasteiger partial charge in [-0.1, -0.05) is 23.7 Å². The Morgan fingerprint density at radius 3 is 2.81 bits per heavy atom. The Labute approximate surface area is 158 Å². The van der Waals surface area contributed by atoms with Crippen LogP contribution < -0.4 is 5.32 Å². The molecule has 4 rings (SSSR count). The summed E-state index contributed by atoms with van der Waals surface area (Å²) < 4.78 is 0. The van der Waals surface area contributed by atoms with Crippen LogP contribution in [0.3, 0.4) is 0 Å². The number of likely N-dealkylation sites (N-methyl/N-ethyl adjacent to an activating group) is 1. The monoisotopic (exact) mass is 367 g/mol. The second-order valence-electron chi connectivity index (χ2n) is 7.14. The van der Waals surface area contributed by atoms with E-state index < -0.39 is 0 Å². The van der Waals surface area contributed by atoms with Crippen LogP contribution in [0.5, 0.6) is 0 Å². The predicted octanol–water partition coefficient (Wildman–Crippen LogP) is 4.49. The molecule has 0 aliphatic heterocycles. The van der Waals surface area contributed by atoms with Crippen LogP contribution in [-0.2, 0) is 12.8 Å². The van der Waals surface area contributed by atoms with Gasteiger partial charge in [0, 0.05) is 28.3 Å². The van der Waals surface area contributed by atoms with Gasteiger partial charge in [0.15, 0.2) is 0 Å². The van der Waals surface area contributed by atoms with E-state index in [4.69, 9.17) is 11.6 Å². The molecule has 1 heterocycles. The molecule has 0 radical (unpaired) electrons. The predicted molar refractivity (Wildman–Crippen MR) is 107 cm³/mol. The van der Waals surface area contributed by atoms with Crippen molar-refractivity contribution < 1.29 is 4.79 Å². The van der Waals surface area contributed by atoms with Gasteiger partial charge >= 0.3 is 0 Å². The number of hydrogen-bond donors (Lipinski definition) is 2. The number of aryl methyl sites for hydroxylation is 1. The van der Waals surface area contributed by atoms with E-state index in [0.717, 1.165) is 24.0 Å². The summed E-state index contributed by atoms with van der Waals surface area (Å²) in [6.07, 6.45) is 3.27. The lowest BCUT2D eigenvalue weighted by atomic mass is 9.91. The van der Waals surface area contributed by atoms with Crippen LogP contribution in [0.2, 0.25) is 5.02 Å². The molecule has 4 nitrogen and oxygen atoms in total. The summed E-state index contributed by atoms with van der Waals surface area (Å²) in [7, 11) is 4.28. The van der Waals surface area contributed by atoms with Crippen molar-refractivity contribution in [1.29, 1.82) is 0 Å². The zero-order valence-corrected chi connectivity index (χ0v) is 15.7. The number of carbonyl (C=O) groups is 1. The summed E-state index contributed by atoms with van der Waals surface area (Å²) in [5.41, 5.74) is 5.10. The fraction of sp³-hybridized carbons (Fsp3) is 0.286. The summed E-state index contributed by atoms with van der Waals surface area (Å²) in [4.78, 5) is 18.4. The molecule has 3 aromatic rings.